The third-order valence-electron chi connectivity index (χ3n) is 11.0. The van der Waals surface area contributed by atoms with E-state index in [0.29, 0.717) is 23.0 Å². The molecule has 0 N–H and O–H groups in total. The molecule has 3 aromatic heterocycles. The maximum absolute atomic E-state index is 10.7. The molecule has 11 rings (SSSR count). The van der Waals surface area contributed by atoms with E-state index in [-0.39, 0.29) is 0 Å². The maximum Gasteiger partial charge on any atom is 0.166 e. The quantitative estimate of drug-likeness (QED) is 0.170. The van der Waals surface area contributed by atoms with Crippen LogP contribution in [0.15, 0.2) is 194 Å². The second-order valence-electron chi connectivity index (χ2n) is 14.3. The molecular weight excluding hydrogens is 709 g/mol. The molecular formula is C52H32N6. The average Bonchev–Trinajstić information content (AvgIpc) is 3.82. The SMILES string of the molecule is N#Cc1cc(-c2ccccc2)c(-n2c3ccccc3c3ccc4c(c5ccccc5n4-c4ccccc4)c32)c(-c2nc(-c3ccccc3)nc(-c3ccccc3)n2)c1. The summed E-state index contributed by atoms with van der Waals surface area (Å²) in [4.78, 5) is 15.5. The highest BCUT2D eigenvalue weighted by Gasteiger charge is 2.26. The lowest BCUT2D eigenvalue weighted by molar-refractivity contribution is 1.06. The second-order valence-corrected chi connectivity index (χ2v) is 14.3. The summed E-state index contributed by atoms with van der Waals surface area (Å²) in [7, 11) is 0. The zero-order valence-corrected chi connectivity index (χ0v) is 31.2. The lowest BCUT2D eigenvalue weighted by Gasteiger charge is -2.20. The van der Waals surface area contributed by atoms with Crippen LogP contribution in [0, 0.1) is 11.3 Å². The molecule has 0 saturated heterocycles. The number of hydrogen-bond acceptors (Lipinski definition) is 4. The summed E-state index contributed by atoms with van der Waals surface area (Å²) in [5, 5.41) is 15.2. The van der Waals surface area contributed by atoms with Crippen molar-refractivity contribution in [2.45, 2.75) is 0 Å². The van der Waals surface area contributed by atoms with E-state index >= 15 is 0 Å². The maximum atomic E-state index is 10.7. The second kappa shape index (κ2) is 13.6. The van der Waals surface area contributed by atoms with Gasteiger partial charge in [0.2, 0.25) is 0 Å². The Bertz CT molecular complexity index is 3320. The van der Waals surface area contributed by atoms with Crippen LogP contribution < -0.4 is 0 Å². The van der Waals surface area contributed by atoms with Gasteiger partial charge in [-0.05, 0) is 48.0 Å². The molecule has 3 heterocycles. The lowest BCUT2D eigenvalue weighted by Crippen LogP contribution is -2.06. The number of para-hydroxylation sites is 3. The van der Waals surface area contributed by atoms with Crippen LogP contribution in [0.25, 0.3) is 100 Å². The van der Waals surface area contributed by atoms with E-state index in [0.717, 1.165) is 82.8 Å². The van der Waals surface area contributed by atoms with Gasteiger partial charge < -0.3 is 9.13 Å². The van der Waals surface area contributed by atoms with E-state index in [1.165, 1.54) is 0 Å². The van der Waals surface area contributed by atoms with Crippen LogP contribution in [0.4, 0.5) is 0 Å². The number of hydrogen-bond donors (Lipinski definition) is 0. The van der Waals surface area contributed by atoms with Crippen LogP contribution in [0.3, 0.4) is 0 Å². The molecule has 0 spiro atoms. The third kappa shape index (κ3) is 5.30. The Morgan fingerprint density at radius 2 is 0.897 bits per heavy atom. The van der Waals surface area contributed by atoms with Crippen LogP contribution in [0.5, 0.6) is 0 Å². The molecule has 0 radical (unpaired) electrons. The van der Waals surface area contributed by atoms with E-state index in [9.17, 15) is 5.26 Å². The minimum absolute atomic E-state index is 0.474. The van der Waals surface area contributed by atoms with Crippen molar-refractivity contribution in [2.75, 3.05) is 0 Å². The monoisotopic (exact) mass is 740 g/mol. The van der Waals surface area contributed by atoms with Gasteiger partial charge in [-0.1, -0.05) is 152 Å². The van der Waals surface area contributed by atoms with Gasteiger partial charge in [-0.15, -0.1) is 0 Å². The molecule has 270 valence electrons. The predicted octanol–water partition coefficient (Wildman–Crippen LogP) is 12.6. The molecule has 0 aliphatic carbocycles. The summed E-state index contributed by atoms with van der Waals surface area (Å²) in [6.07, 6.45) is 0. The summed E-state index contributed by atoms with van der Waals surface area (Å²) in [5.41, 5.74) is 11.1. The van der Waals surface area contributed by atoms with Crippen LogP contribution in [0.2, 0.25) is 0 Å². The van der Waals surface area contributed by atoms with Crippen molar-refractivity contribution in [3.8, 4) is 62.7 Å². The average molecular weight is 741 g/mol. The Kier molecular flexibility index (Phi) is 7.76. The molecule has 0 fully saturated rings. The fraction of sp³-hybridized carbons (Fsp3) is 0. The molecule has 6 nitrogen and oxygen atoms in total. The topological polar surface area (TPSA) is 72.3 Å². The minimum Gasteiger partial charge on any atom is -0.309 e. The number of rotatable bonds is 6. The summed E-state index contributed by atoms with van der Waals surface area (Å²) >= 11 is 0. The molecule has 8 aromatic carbocycles. The first kappa shape index (κ1) is 33.2. The van der Waals surface area contributed by atoms with E-state index in [1.54, 1.807) is 0 Å². The first-order valence-corrected chi connectivity index (χ1v) is 19.3. The summed E-state index contributed by atoms with van der Waals surface area (Å²) < 4.78 is 4.75. The summed E-state index contributed by atoms with van der Waals surface area (Å²) in [5.74, 6) is 1.57. The Balaban J connectivity index is 1.34. The Labute approximate surface area is 334 Å². The van der Waals surface area contributed by atoms with Crippen LogP contribution >= 0.6 is 0 Å². The molecule has 0 bridgehead atoms. The number of nitriles is 1. The van der Waals surface area contributed by atoms with Gasteiger partial charge in [0.25, 0.3) is 0 Å². The van der Waals surface area contributed by atoms with E-state index < -0.39 is 0 Å². The largest absolute Gasteiger partial charge is 0.309 e. The van der Waals surface area contributed by atoms with Crippen molar-refractivity contribution in [1.29, 1.82) is 5.26 Å². The summed E-state index contributed by atoms with van der Waals surface area (Å²) in [6.45, 7) is 0. The number of benzene rings is 8. The third-order valence-corrected chi connectivity index (χ3v) is 11.0. The minimum atomic E-state index is 0.474. The van der Waals surface area contributed by atoms with Crippen LogP contribution in [-0.4, -0.2) is 24.1 Å². The van der Waals surface area contributed by atoms with E-state index in [4.69, 9.17) is 15.0 Å². The van der Waals surface area contributed by atoms with Crippen molar-refractivity contribution >= 4 is 43.6 Å². The van der Waals surface area contributed by atoms with Crippen LogP contribution in [0.1, 0.15) is 5.56 Å². The molecule has 0 amide bonds. The molecule has 0 unspecified atom stereocenters. The first-order chi connectivity index (χ1) is 28.7. The smallest absolute Gasteiger partial charge is 0.166 e. The molecule has 6 heteroatoms. The van der Waals surface area contributed by atoms with Crippen molar-refractivity contribution in [3.63, 3.8) is 0 Å². The van der Waals surface area contributed by atoms with E-state index in [1.807, 2.05) is 91.0 Å². The molecule has 11 aromatic rings. The van der Waals surface area contributed by atoms with Crippen molar-refractivity contribution in [1.82, 2.24) is 24.1 Å². The molecule has 0 atom stereocenters. The lowest BCUT2D eigenvalue weighted by atomic mass is 9.96. The fourth-order valence-electron chi connectivity index (χ4n) is 8.47. The molecule has 0 saturated carbocycles. The summed E-state index contributed by atoms with van der Waals surface area (Å²) in [6, 6.07) is 69.0. The first-order valence-electron chi connectivity index (χ1n) is 19.3. The van der Waals surface area contributed by atoms with Crippen molar-refractivity contribution < 1.29 is 0 Å². The highest BCUT2D eigenvalue weighted by molar-refractivity contribution is 6.26. The van der Waals surface area contributed by atoms with Gasteiger partial charge in [-0.25, -0.2) is 15.0 Å². The zero-order valence-electron chi connectivity index (χ0n) is 31.2. The van der Waals surface area contributed by atoms with Gasteiger partial charge in [-0.2, -0.15) is 5.26 Å². The van der Waals surface area contributed by atoms with Gasteiger partial charge in [0, 0.05) is 49.5 Å². The Hall–Kier alpha value is -8.14. The Morgan fingerprint density at radius 3 is 1.52 bits per heavy atom. The Morgan fingerprint density at radius 1 is 0.397 bits per heavy atom. The van der Waals surface area contributed by atoms with Crippen molar-refractivity contribution in [2.24, 2.45) is 0 Å². The van der Waals surface area contributed by atoms with Gasteiger partial charge in [-0.3, -0.25) is 0 Å². The number of aromatic nitrogens is 5. The van der Waals surface area contributed by atoms with Gasteiger partial charge in [0.15, 0.2) is 17.5 Å². The van der Waals surface area contributed by atoms with Gasteiger partial charge in [0.1, 0.15) is 0 Å². The number of nitrogens with zero attached hydrogens (tertiary/aromatic N) is 6. The zero-order chi connectivity index (χ0) is 38.6. The highest BCUT2D eigenvalue weighted by atomic mass is 15.1. The highest BCUT2D eigenvalue weighted by Crippen LogP contribution is 2.46. The molecule has 58 heavy (non-hydrogen) atoms. The van der Waals surface area contributed by atoms with Crippen molar-refractivity contribution in [3.05, 3.63) is 200 Å². The predicted molar refractivity (Wildman–Crippen MR) is 235 cm³/mol. The van der Waals surface area contributed by atoms with Gasteiger partial charge >= 0.3 is 0 Å². The normalized spacial score (nSPS) is 11.4. The van der Waals surface area contributed by atoms with E-state index in [2.05, 4.69) is 118 Å². The fourth-order valence-corrected chi connectivity index (χ4v) is 8.47. The standard InChI is InChI=1S/C52H32N6/c53-33-34-31-42(35-17-5-1-6-18-35)48(43(32-34)52-55-50(36-19-7-2-8-20-36)54-51(56-52)37-21-9-3-10-22-37)58-44-27-15-13-25-39(44)40-29-30-46-47(49(40)58)41-26-14-16-28-45(41)57(46)38-23-11-4-12-24-38/h1-32H. The molecule has 0 aliphatic heterocycles. The van der Waals surface area contributed by atoms with Gasteiger partial charge in [0.05, 0.1) is 39.4 Å². The number of fused-ring (bicyclic) bond motifs is 7. The van der Waals surface area contributed by atoms with Crippen LogP contribution in [-0.2, 0) is 0 Å². The molecule has 0 aliphatic rings.